The van der Waals surface area contributed by atoms with Crippen LogP contribution in [-0.4, -0.2) is 5.91 Å². The maximum atomic E-state index is 12.5. The van der Waals surface area contributed by atoms with Gasteiger partial charge in [0.1, 0.15) is 0 Å². The van der Waals surface area contributed by atoms with Crippen molar-refractivity contribution in [3.63, 3.8) is 0 Å². The fourth-order valence-electron chi connectivity index (χ4n) is 2.35. The molecule has 21 heavy (non-hydrogen) atoms. The zero-order valence-electron chi connectivity index (χ0n) is 12.6. The second-order valence-electron chi connectivity index (χ2n) is 5.23. The number of amides is 1. The molecule has 2 aromatic rings. The van der Waals surface area contributed by atoms with Crippen molar-refractivity contribution in [2.24, 2.45) is 0 Å². The first-order valence-corrected chi connectivity index (χ1v) is 7.53. The molecule has 1 N–H and O–H groups in total. The van der Waals surface area contributed by atoms with Crippen LogP contribution in [0.15, 0.2) is 42.5 Å². The van der Waals surface area contributed by atoms with Crippen molar-refractivity contribution in [3.8, 4) is 0 Å². The zero-order valence-corrected chi connectivity index (χ0v) is 13.4. The van der Waals surface area contributed by atoms with Gasteiger partial charge in [0.2, 0.25) is 0 Å². The third-order valence-electron chi connectivity index (χ3n) is 3.84. The van der Waals surface area contributed by atoms with Crippen LogP contribution in [0.25, 0.3) is 0 Å². The molecule has 0 radical (unpaired) electrons. The Morgan fingerprint density at radius 3 is 2.43 bits per heavy atom. The quantitative estimate of drug-likeness (QED) is 0.860. The molecule has 0 fully saturated rings. The van der Waals surface area contributed by atoms with Gasteiger partial charge in [0, 0.05) is 10.6 Å². The average Bonchev–Trinajstić information content (AvgIpc) is 2.48. The molecule has 0 saturated heterocycles. The van der Waals surface area contributed by atoms with Crippen molar-refractivity contribution in [1.82, 2.24) is 5.32 Å². The number of nitrogens with one attached hydrogen (secondary N) is 1. The fourth-order valence-corrected chi connectivity index (χ4v) is 2.48. The zero-order chi connectivity index (χ0) is 15.4. The monoisotopic (exact) mass is 301 g/mol. The Morgan fingerprint density at radius 1 is 1.14 bits per heavy atom. The van der Waals surface area contributed by atoms with E-state index in [1.807, 2.05) is 56.3 Å². The summed E-state index contributed by atoms with van der Waals surface area (Å²) < 4.78 is 0. The van der Waals surface area contributed by atoms with Gasteiger partial charge >= 0.3 is 0 Å². The van der Waals surface area contributed by atoms with Crippen LogP contribution < -0.4 is 5.32 Å². The molecule has 2 nitrogen and oxygen atoms in total. The second-order valence-corrected chi connectivity index (χ2v) is 5.67. The molecule has 1 amide bonds. The predicted octanol–water partition coefficient (Wildman–Crippen LogP) is 4.84. The van der Waals surface area contributed by atoms with Crippen LogP contribution in [0, 0.1) is 13.8 Å². The van der Waals surface area contributed by atoms with Crippen LogP contribution in [0.2, 0.25) is 5.02 Å². The standard InChI is InChI=1S/C18H20ClNO/c1-4-17(14-8-10-15(19)11-9-14)20-18(21)16-7-5-6-12(2)13(16)3/h5-11,17H,4H2,1-3H3,(H,20,21). The van der Waals surface area contributed by atoms with Gasteiger partial charge in [0.15, 0.2) is 0 Å². The van der Waals surface area contributed by atoms with E-state index < -0.39 is 0 Å². The third-order valence-corrected chi connectivity index (χ3v) is 4.09. The molecular weight excluding hydrogens is 282 g/mol. The largest absolute Gasteiger partial charge is 0.345 e. The van der Waals surface area contributed by atoms with E-state index in [9.17, 15) is 4.79 Å². The number of hydrogen-bond donors (Lipinski definition) is 1. The lowest BCUT2D eigenvalue weighted by atomic mass is 10.0. The summed E-state index contributed by atoms with van der Waals surface area (Å²) in [5.41, 5.74) is 3.96. The van der Waals surface area contributed by atoms with Gasteiger partial charge in [-0.25, -0.2) is 0 Å². The smallest absolute Gasteiger partial charge is 0.252 e. The van der Waals surface area contributed by atoms with E-state index in [0.29, 0.717) is 5.02 Å². The van der Waals surface area contributed by atoms with E-state index in [4.69, 9.17) is 11.6 Å². The van der Waals surface area contributed by atoms with Crippen LogP contribution in [0.5, 0.6) is 0 Å². The van der Waals surface area contributed by atoms with Crippen molar-refractivity contribution in [3.05, 3.63) is 69.7 Å². The molecule has 0 heterocycles. The first-order chi connectivity index (χ1) is 10.0. The molecule has 0 aromatic heterocycles. The molecule has 110 valence electrons. The van der Waals surface area contributed by atoms with Gasteiger partial charge in [-0.15, -0.1) is 0 Å². The van der Waals surface area contributed by atoms with E-state index in [0.717, 1.165) is 28.7 Å². The number of carbonyl (C=O) groups is 1. The highest BCUT2D eigenvalue weighted by atomic mass is 35.5. The minimum Gasteiger partial charge on any atom is -0.345 e. The van der Waals surface area contributed by atoms with Gasteiger partial charge in [0.25, 0.3) is 5.91 Å². The van der Waals surface area contributed by atoms with Crippen molar-refractivity contribution >= 4 is 17.5 Å². The van der Waals surface area contributed by atoms with E-state index in [-0.39, 0.29) is 11.9 Å². The van der Waals surface area contributed by atoms with Gasteiger partial charge in [-0.3, -0.25) is 4.79 Å². The Bertz CT molecular complexity index is 634. The number of aryl methyl sites for hydroxylation is 1. The maximum Gasteiger partial charge on any atom is 0.252 e. The van der Waals surface area contributed by atoms with E-state index in [2.05, 4.69) is 12.2 Å². The van der Waals surface area contributed by atoms with Crippen molar-refractivity contribution in [2.75, 3.05) is 0 Å². The van der Waals surface area contributed by atoms with Crippen LogP contribution in [-0.2, 0) is 0 Å². The van der Waals surface area contributed by atoms with E-state index in [1.165, 1.54) is 0 Å². The van der Waals surface area contributed by atoms with Crippen LogP contribution >= 0.6 is 11.6 Å². The molecule has 0 aliphatic heterocycles. The molecule has 3 heteroatoms. The lowest BCUT2D eigenvalue weighted by molar-refractivity contribution is 0.0935. The molecule has 2 rings (SSSR count). The van der Waals surface area contributed by atoms with Crippen LogP contribution in [0.4, 0.5) is 0 Å². The summed E-state index contributed by atoms with van der Waals surface area (Å²) in [5, 5.41) is 3.81. The first kappa shape index (κ1) is 15.6. The van der Waals surface area contributed by atoms with Gasteiger partial charge in [0.05, 0.1) is 6.04 Å². The minimum atomic E-state index is -0.0296. The van der Waals surface area contributed by atoms with Gasteiger partial charge < -0.3 is 5.32 Å². The normalized spacial score (nSPS) is 12.0. The van der Waals surface area contributed by atoms with E-state index in [1.54, 1.807) is 0 Å². The number of halogens is 1. The van der Waals surface area contributed by atoms with Gasteiger partial charge in [-0.1, -0.05) is 42.8 Å². The summed E-state index contributed by atoms with van der Waals surface area (Å²) >= 11 is 5.91. The molecule has 1 atom stereocenters. The number of rotatable bonds is 4. The first-order valence-electron chi connectivity index (χ1n) is 7.15. The molecule has 0 aliphatic rings. The molecular formula is C18H20ClNO. The summed E-state index contributed by atoms with van der Waals surface area (Å²) in [6.45, 7) is 6.05. The van der Waals surface area contributed by atoms with Crippen LogP contribution in [0.3, 0.4) is 0 Å². The maximum absolute atomic E-state index is 12.5. The fraction of sp³-hybridized carbons (Fsp3) is 0.278. The highest BCUT2D eigenvalue weighted by Crippen LogP contribution is 2.20. The average molecular weight is 302 g/mol. The summed E-state index contributed by atoms with van der Waals surface area (Å²) in [4.78, 5) is 12.5. The summed E-state index contributed by atoms with van der Waals surface area (Å²) in [7, 11) is 0. The molecule has 0 saturated carbocycles. The van der Waals surface area contributed by atoms with Crippen molar-refractivity contribution in [1.29, 1.82) is 0 Å². The SMILES string of the molecule is CCC(NC(=O)c1cccc(C)c1C)c1ccc(Cl)cc1. The molecule has 0 spiro atoms. The molecule has 0 aliphatic carbocycles. The van der Waals surface area contributed by atoms with Crippen molar-refractivity contribution < 1.29 is 4.79 Å². The summed E-state index contributed by atoms with van der Waals surface area (Å²) in [6, 6.07) is 13.4. The Morgan fingerprint density at radius 2 is 1.81 bits per heavy atom. The Hall–Kier alpha value is -1.80. The topological polar surface area (TPSA) is 29.1 Å². The summed E-state index contributed by atoms with van der Waals surface area (Å²) in [5.74, 6) is -0.0296. The number of benzene rings is 2. The predicted molar refractivity (Wildman–Crippen MR) is 87.9 cm³/mol. The number of hydrogen-bond acceptors (Lipinski definition) is 1. The van der Waals surface area contributed by atoms with Crippen LogP contribution in [0.1, 0.15) is 46.4 Å². The number of carbonyl (C=O) groups excluding carboxylic acids is 1. The lowest BCUT2D eigenvalue weighted by Crippen LogP contribution is -2.28. The van der Waals surface area contributed by atoms with Gasteiger partial charge in [-0.05, 0) is 55.2 Å². The second kappa shape index (κ2) is 6.77. The molecule has 2 aromatic carbocycles. The Labute approximate surface area is 131 Å². The molecule has 0 bridgehead atoms. The molecule has 1 unspecified atom stereocenters. The third kappa shape index (κ3) is 3.64. The lowest BCUT2D eigenvalue weighted by Gasteiger charge is -2.18. The summed E-state index contributed by atoms with van der Waals surface area (Å²) in [6.07, 6.45) is 0.832. The Kier molecular flexibility index (Phi) is 5.03. The van der Waals surface area contributed by atoms with E-state index >= 15 is 0 Å². The highest BCUT2D eigenvalue weighted by Gasteiger charge is 2.16. The van der Waals surface area contributed by atoms with Crippen molar-refractivity contribution in [2.45, 2.75) is 33.2 Å². The van der Waals surface area contributed by atoms with Gasteiger partial charge in [-0.2, -0.15) is 0 Å². The Balaban J connectivity index is 2.20. The minimum absolute atomic E-state index is 0.00493. The highest BCUT2D eigenvalue weighted by molar-refractivity contribution is 6.30.